The van der Waals surface area contributed by atoms with Crippen molar-refractivity contribution in [2.24, 2.45) is 0 Å². The molecule has 0 radical (unpaired) electrons. The van der Waals surface area contributed by atoms with E-state index in [1.807, 2.05) is 40.7 Å². The van der Waals surface area contributed by atoms with Gasteiger partial charge >= 0.3 is 0 Å². The van der Waals surface area contributed by atoms with Crippen molar-refractivity contribution in [3.63, 3.8) is 0 Å². The van der Waals surface area contributed by atoms with Gasteiger partial charge in [-0.25, -0.2) is 4.98 Å². The lowest BCUT2D eigenvalue weighted by Crippen LogP contribution is -2.42. The van der Waals surface area contributed by atoms with E-state index in [1.165, 1.54) is 0 Å². The third-order valence-electron chi connectivity index (χ3n) is 4.61. The molecule has 1 fully saturated rings. The highest BCUT2D eigenvalue weighted by Gasteiger charge is 2.20. The predicted octanol–water partition coefficient (Wildman–Crippen LogP) is 1.35. The molecule has 0 atom stereocenters. The van der Waals surface area contributed by atoms with Crippen LogP contribution >= 0.6 is 0 Å². The molecular weight excluding hydrogens is 332 g/mol. The first-order chi connectivity index (χ1) is 12.7. The summed E-state index contributed by atoms with van der Waals surface area (Å²) in [6, 6.07) is 7.88. The Balaban J connectivity index is 1.71. The molecule has 0 spiro atoms. The van der Waals surface area contributed by atoms with Crippen molar-refractivity contribution in [1.29, 1.82) is 0 Å². The zero-order chi connectivity index (χ0) is 18.4. The maximum Gasteiger partial charge on any atom is 0.242 e. The largest absolute Gasteiger partial charge is 0.378 e. The van der Waals surface area contributed by atoms with Crippen LogP contribution in [-0.4, -0.2) is 59.1 Å². The second kappa shape index (κ2) is 8.80. The van der Waals surface area contributed by atoms with Crippen molar-refractivity contribution in [3.8, 4) is 0 Å². The van der Waals surface area contributed by atoms with Gasteiger partial charge in [-0.3, -0.25) is 9.59 Å². The van der Waals surface area contributed by atoms with E-state index in [-0.39, 0.29) is 18.4 Å². The molecule has 7 nitrogen and oxygen atoms in total. The number of hydrogen-bond acceptors (Lipinski definition) is 4. The minimum absolute atomic E-state index is 0.0565. The van der Waals surface area contributed by atoms with Crippen LogP contribution in [0.5, 0.6) is 0 Å². The first kappa shape index (κ1) is 18.4. The van der Waals surface area contributed by atoms with E-state index in [1.54, 1.807) is 0 Å². The summed E-state index contributed by atoms with van der Waals surface area (Å²) < 4.78 is 7.33. The fraction of sp³-hybridized carbons (Fsp3) is 0.526. The van der Waals surface area contributed by atoms with E-state index in [4.69, 9.17) is 9.72 Å². The molecule has 0 aliphatic carbocycles. The molecule has 3 rings (SSSR count). The number of carbonyl (C=O) groups excluding carboxylic acids is 2. The molecule has 2 heterocycles. The maximum absolute atomic E-state index is 12.7. The minimum Gasteiger partial charge on any atom is -0.378 e. The van der Waals surface area contributed by atoms with E-state index in [0.717, 1.165) is 29.7 Å². The van der Waals surface area contributed by atoms with Gasteiger partial charge in [-0.1, -0.05) is 19.1 Å². The number of para-hydroxylation sites is 2. The maximum atomic E-state index is 12.7. The van der Waals surface area contributed by atoms with Crippen LogP contribution in [0.1, 0.15) is 25.6 Å². The molecule has 2 amide bonds. The van der Waals surface area contributed by atoms with Crippen molar-refractivity contribution >= 4 is 22.8 Å². The number of ether oxygens (including phenoxy) is 1. The summed E-state index contributed by atoms with van der Waals surface area (Å²) in [6.45, 7) is 5.23. The summed E-state index contributed by atoms with van der Waals surface area (Å²) in [5.74, 6) is 1.04. The number of nitrogens with one attached hydrogen (secondary N) is 1. The second-order valence-corrected chi connectivity index (χ2v) is 6.40. The molecule has 1 N–H and O–H groups in total. The number of aryl methyl sites for hydroxylation is 1. The Kier molecular flexibility index (Phi) is 6.22. The smallest absolute Gasteiger partial charge is 0.242 e. The summed E-state index contributed by atoms with van der Waals surface area (Å²) in [4.78, 5) is 30.6. The number of fused-ring (bicyclic) bond motifs is 1. The van der Waals surface area contributed by atoms with Gasteiger partial charge in [-0.15, -0.1) is 0 Å². The van der Waals surface area contributed by atoms with Gasteiger partial charge in [0.25, 0.3) is 0 Å². The highest BCUT2D eigenvalue weighted by molar-refractivity contribution is 5.81. The van der Waals surface area contributed by atoms with Crippen molar-refractivity contribution in [2.45, 2.75) is 32.7 Å². The molecule has 1 saturated heterocycles. The molecule has 7 heteroatoms. The number of nitrogens with zero attached hydrogens (tertiary/aromatic N) is 3. The van der Waals surface area contributed by atoms with E-state index >= 15 is 0 Å². The van der Waals surface area contributed by atoms with E-state index in [0.29, 0.717) is 39.3 Å². The monoisotopic (exact) mass is 358 g/mol. The number of amides is 2. The normalized spacial score (nSPS) is 14.6. The molecule has 2 aromatic rings. The van der Waals surface area contributed by atoms with Crippen LogP contribution in [0, 0.1) is 0 Å². The van der Waals surface area contributed by atoms with E-state index < -0.39 is 0 Å². The van der Waals surface area contributed by atoms with Crippen LogP contribution in [0.4, 0.5) is 0 Å². The van der Waals surface area contributed by atoms with Gasteiger partial charge in [0.05, 0.1) is 24.2 Å². The zero-order valence-corrected chi connectivity index (χ0v) is 15.2. The summed E-state index contributed by atoms with van der Waals surface area (Å²) >= 11 is 0. The van der Waals surface area contributed by atoms with Crippen LogP contribution in [-0.2, 0) is 27.3 Å². The lowest BCUT2D eigenvalue weighted by molar-refractivity contribution is -0.135. The highest BCUT2D eigenvalue weighted by atomic mass is 16.5. The summed E-state index contributed by atoms with van der Waals surface area (Å²) in [6.07, 6.45) is 2.00. The van der Waals surface area contributed by atoms with Gasteiger partial charge in [-0.2, -0.15) is 0 Å². The predicted molar refractivity (Wildman–Crippen MR) is 98.8 cm³/mol. The number of imidazole rings is 1. The number of carbonyl (C=O) groups is 2. The minimum atomic E-state index is 0.0565. The lowest BCUT2D eigenvalue weighted by atomic mass is 10.2. The van der Waals surface area contributed by atoms with Crippen LogP contribution in [0.3, 0.4) is 0 Å². The Morgan fingerprint density at radius 3 is 2.77 bits per heavy atom. The first-order valence-corrected chi connectivity index (χ1v) is 9.25. The average molecular weight is 358 g/mol. The molecule has 1 aromatic heterocycles. The Morgan fingerprint density at radius 1 is 1.23 bits per heavy atom. The quantitative estimate of drug-likeness (QED) is 0.758. The van der Waals surface area contributed by atoms with Crippen molar-refractivity contribution in [2.75, 3.05) is 32.8 Å². The molecule has 1 aromatic carbocycles. The third-order valence-corrected chi connectivity index (χ3v) is 4.61. The van der Waals surface area contributed by atoms with Crippen molar-refractivity contribution in [3.05, 3.63) is 30.1 Å². The number of hydrogen-bond donors (Lipinski definition) is 1. The van der Waals surface area contributed by atoms with Gasteiger partial charge in [0, 0.05) is 32.5 Å². The molecule has 0 saturated carbocycles. The van der Waals surface area contributed by atoms with Crippen LogP contribution in [0.2, 0.25) is 0 Å². The van der Waals surface area contributed by atoms with Crippen LogP contribution in [0.25, 0.3) is 11.0 Å². The zero-order valence-electron chi connectivity index (χ0n) is 15.2. The Hall–Kier alpha value is -2.41. The summed E-state index contributed by atoms with van der Waals surface area (Å²) in [5, 5.41) is 2.88. The van der Waals surface area contributed by atoms with Crippen LogP contribution in [0.15, 0.2) is 24.3 Å². The van der Waals surface area contributed by atoms with Gasteiger partial charge < -0.3 is 19.5 Å². The van der Waals surface area contributed by atoms with Crippen LogP contribution < -0.4 is 5.32 Å². The fourth-order valence-electron chi connectivity index (χ4n) is 3.14. The number of aromatic nitrogens is 2. The van der Waals surface area contributed by atoms with Gasteiger partial charge in [0.15, 0.2) is 0 Å². The molecule has 0 unspecified atom stereocenters. The molecule has 0 bridgehead atoms. The van der Waals surface area contributed by atoms with Gasteiger partial charge in [-0.05, 0) is 18.6 Å². The average Bonchev–Trinajstić information content (AvgIpc) is 3.03. The summed E-state index contributed by atoms with van der Waals surface area (Å²) in [7, 11) is 0. The third kappa shape index (κ3) is 4.40. The van der Waals surface area contributed by atoms with Gasteiger partial charge in [0.2, 0.25) is 11.8 Å². The number of rotatable bonds is 7. The molecule has 1 aliphatic heterocycles. The lowest BCUT2D eigenvalue weighted by Gasteiger charge is -2.27. The van der Waals surface area contributed by atoms with Crippen molar-refractivity contribution < 1.29 is 14.3 Å². The number of benzene rings is 1. The van der Waals surface area contributed by atoms with E-state index in [9.17, 15) is 9.59 Å². The topological polar surface area (TPSA) is 76.5 Å². The SMILES string of the molecule is CCC(=O)NCCCc1nc2ccccc2n1CC(=O)N1CCOCC1. The molecular formula is C19H26N4O3. The fourth-order valence-corrected chi connectivity index (χ4v) is 3.14. The molecule has 26 heavy (non-hydrogen) atoms. The standard InChI is InChI=1S/C19H26N4O3/c1-2-18(24)20-9-5-8-17-21-15-6-3-4-7-16(15)23(17)14-19(25)22-10-12-26-13-11-22/h3-4,6-7H,2,5,8-14H2,1H3,(H,20,24). The molecule has 1 aliphatic rings. The second-order valence-electron chi connectivity index (χ2n) is 6.40. The van der Waals surface area contributed by atoms with E-state index in [2.05, 4.69) is 5.32 Å². The Labute approximate surface area is 153 Å². The summed E-state index contributed by atoms with van der Waals surface area (Å²) in [5.41, 5.74) is 1.87. The van der Waals surface area contributed by atoms with Crippen molar-refractivity contribution in [1.82, 2.24) is 19.8 Å². The Morgan fingerprint density at radius 2 is 2.00 bits per heavy atom. The number of morpholine rings is 1. The molecule has 140 valence electrons. The Bertz CT molecular complexity index is 765. The first-order valence-electron chi connectivity index (χ1n) is 9.25. The highest BCUT2D eigenvalue weighted by Crippen LogP contribution is 2.17. The van der Waals surface area contributed by atoms with Gasteiger partial charge in [0.1, 0.15) is 12.4 Å².